The SMILES string of the molecule is O=C1C(c2ccc(Cl)c(F)c2)CCCN1c1cc(-c2ccncc2)[nH]n1. The number of hydrogen-bond donors (Lipinski definition) is 1. The Bertz CT molecular complexity index is 944. The number of carbonyl (C=O) groups is 1. The zero-order valence-corrected chi connectivity index (χ0v) is 14.6. The molecular weight excluding hydrogens is 355 g/mol. The Morgan fingerprint density at radius 1 is 1.19 bits per heavy atom. The number of nitrogens with one attached hydrogen (secondary N) is 1. The highest BCUT2D eigenvalue weighted by Crippen LogP contribution is 2.33. The van der Waals surface area contributed by atoms with Crippen LogP contribution in [0.15, 0.2) is 48.8 Å². The summed E-state index contributed by atoms with van der Waals surface area (Å²) < 4.78 is 13.8. The Labute approximate surface area is 154 Å². The van der Waals surface area contributed by atoms with Crippen molar-refractivity contribution < 1.29 is 9.18 Å². The molecule has 0 spiro atoms. The van der Waals surface area contributed by atoms with Crippen molar-refractivity contribution in [2.24, 2.45) is 0 Å². The van der Waals surface area contributed by atoms with Gasteiger partial charge in [0.1, 0.15) is 5.82 Å². The van der Waals surface area contributed by atoms with E-state index in [1.165, 1.54) is 12.1 Å². The van der Waals surface area contributed by atoms with Crippen LogP contribution in [0.5, 0.6) is 0 Å². The van der Waals surface area contributed by atoms with Crippen LogP contribution in [-0.4, -0.2) is 27.6 Å². The van der Waals surface area contributed by atoms with Gasteiger partial charge in [-0.25, -0.2) is 4.39 Å². The lowest BCUT2D eigenvalue weighted by molar-refractivity contribution is -0.121. The smallest absolute Gasteiger partial charge is 0.235 e. The number of nitrogens with zero attached hydrogens (tertiary/aromatic N) is 3. The van der Waals surface area contributed by atoms with Gasteiger partial charge in [0.25, 0.3) is 0 Å². The molecule has 1 saturated heterocycles. The number of anilines is 1. The molecule has 4 rings (SSSR count). The molecule has 1 fully saturated rings. The van der Waals surface area contributed by atoms with Crippen molar-refractivity contribution in [2.75, 3.05) is 11.4 Å². The third-order valence-electron chi connectivity index (χ3n) is 4.62. The van der Waals surface area contributed by atoms with Gasteiger partial charge >= 0.3 is 0 Å². The Hall–Kier alpha value is -2.73. The highest BCUT2D eigenvalue weighted by Gasteiger charge is 2.32. The average Bonchev–Trinajstić information content (AvgIpc) is 3.15. The fourth-order valence-electron chi connectivity index (χ4n) is 3.27. The maximum atomic E-state index is 13.8. The fourth-order valence-corrected chi connectivity index (χ4v) is 3.39. The molecule has 2 aromatic heterocycles. The van der Waals surface area contributed by atoms with Crippen LogP contribution < -0.4 is 4.90 Å². The zero-order chi connectivity index (χ0) is 18.1. The quantitative estimate of drug-likeness (QED) is 0.752. The van der Waals surface area contributed by atoms with Crippen molar-refractivity contribution in [2.45, 2.75) is 18.8 Å². The fraction of sp³-hybridized carbons (Fsp3) is 0.211. The second kappa shape index (κ2) is 6.88. The van der Waals surface area contributed by atoms with Crippen LogP contribution in [0.4, 0.5) is 10.2 Å². The number of piperidine rings is 1. The highest BCUT2D eigenvalue weighted by atomic mass is 35.5. The molecule has 1 amide bonds. The van der Waals surface area contributed by atoms with Crippen LogP contribution in [0.3, 0.4) is 0 Å². The molecule has 1 unspecified atom stereocenters. The lowest BCUT2D eigenvalue weighted by Crippen LogP contribution is -2.40. The van der Waals surface area contributed by atoms with E-state index >= 15 is 0 Å². The van der Waals surface area contributed by atoms with Crippen molar-refractivity contribution in [1.29, 1.82) is 0 Å². The van der Waals surface area contributed by atoms with E-state index in [1.807, 2.05) is 18.2 Å². The van der Waals surface area contributed by atoms with Gasteiger partial charge < -0.3 is 0 Å². The second-order valence-corrected chi connectivity index (χ2v) is 6.64. The molecule has 7 heteroatoms. The van der Waals surface area contributed by atoms with E-state index in [2.05, 4.69) is 15.2 Å². The molecule has 1 atom stereocenters. The van der Waals surface area contributed by atoms with Crippen molar-refractivity contribution >= 4 is 23.3 Å². The van der Waals surface area contributed by atoms with Gasteiger partial charge in [-0.3, -0.25) is 19.8 Å². The molecular formula is C19H16ClFN4O. The van der Waals surface area contributed by atoms with E-state index < -0.39 is 11.7 Å². The van der Waals surface area contributed by atoms with Crippen LogP contribution in [0.2, 0.25) is 5.02 Å². The minimum Gasteiger partial charge on any atom is -0.295 e. The van der Waals surface area contributed by atoms with E-state index in [-0.39, 0.29) is 10.9 Å². The molecule has 0 aliphatic carbocycles. The number of amides is 1. The molecule has 0 saturated carbocycles. The van der Waals surface area contributed by atoms with Crippen molar-refractivity contribution in [1.82, 2.24) is 15.2 Å². The topological polar surface area (TPSA) is 61.9 Å². The van der Waals surface area contributed by atoms with Crippen molar-refractivity contribution in [3.8, 4) is 11.3 Å². The van der Waals surface area contributed by atoms with Crippen LogP contribution in [0.1, 0.15) is 24.3 Å². The van der Waals surface area contributed by atoms with Gasteiger partial charge in [0, 0.05) is 30.6 Å². The number of rotatable bonds is 3. The van der Waals surface area contributed by atoms with Crippen LogP contribution in [-0.2, 0) is 4.79 Å². The normalized spacial score (nSPS) is 17.5. The predicted octanol–water partition coefficient (Wildman–Crippen LogP) is 4.17. The number of H-pyrrole nitrogens is 1. The van der Waals surface area contributed by atoms with Crippen LogP contribution in [0.25, 0.3) is 11.3 Å². The Morgan fingerprint density at radius 2 is 2.00 bits per heavy atom. The summed E-state index contributed by atoms with van der Waals surface area (Å²) in [5.41, 5.74) is 2.40. The molecule has 132 valence electrons. The summed E-state index contributed by atoms with van der Waals surface area (Å²) in [5, 5.41) is 7.31. The summed E-state index contributed by atoms with van der Waals surface area (Å²) in [6, 6.07) is 10.1. The number of halogens is 2. The average molecular weight is 371 g/mol. The van der Waals surface area contributed by atoms with E-state index in [0.29, 0.717) is 24.3 Å². The Balaban J connectivity index is 1.60. The molecule has 0 bridgehead atoms. The summed E-state index contributed by atoms with van der Waals surface area (Å²) in [6.07, 6.45) is 4.90. The van der Waals surface area contributed by atoms with Crippen molar-refractivity contribution in [3.63, 3.8) is 0 Å². The molecule has 26 heavy (non-hydrogen) atoms. The minimum absolute atomic E-state index is 0.0585. The standard InChI is InChI=1S/C19H16ClFN4O/c20-15-4-3-13(10-16(15)21)14-2-1-9-25(19(14)26)18-11-17(23-24-18)12-5-7-22-8-6-12/h3-8,10-11,14H,1-2,9H2,(H,23,24). The molecule has 1 N–H and O–H groups in total. The lowest BCUT2D eigenvalue weighted by atomic mass is 9.89. The Kier molecular flexibility index (Phi) is 4.42. The second-order valence-electron chi connectivity index (χ2n) is 6.23. The van der Waals surface area contributed by atoms with Gasteiger partial charge in [-0.2, -0.15) is 5.10 Å². The molecule has 1 aromatic carbocycles. The molecule has 3 heterocycles. The van der Waals surface area contributed by atoms with Gasteiger partial charge in [0.15, 0.2) is 5.82 Å². The molecule has 5 nitrogen and oxygen atoms in total. The lowest BCUT2D eigenvalue weighted by Gasteiger charge is -2.31. The number of pyridine rings is 1. The van der Waals surface area contributed by atoms with E-state index in [0.717, 1.165) is 17.7 Å². The number of hydrogen-bond acceptors (Lipinski definition) is 3. The Morgan fingerprint density at radius 3 is 2.77 bits per heavy atom. The van der Waals surface area contributed by atoms with Crippen LogP contribution in [0, 0.1) is 5.82 Å². The van der Waals surface area contributed by atoms with Gasteiger partial charge in [-0.1, -0.05) is 17.7 Å². The summed E-state index contributed by atoms with van der Waals surface area (Å²) in [7, 11) is 0. The molecule has 1 aliphatic rings. The molecule has 0 radical (unpaired) electrons. The summed E-state index contributed by atoms with van der Waals surface area (Å²) in [5.74, 6) is -0.405. The molecule has 1 aliphatic heterocycles. The largest absolute Gasteiger partial charge is 0.295 e. The number of aromatic amines is 1. The van der Waals surface area contributed by atoms with Crippen LogP contribution >= 0.6 is 11.6 Å². The molecule has 3 aromatic rings. The first-order valence-electron chi connectivity index (χ1n) is 8.35. The summed E-state index contributed by atoms with van der Waals surface area (Å²) >= 11 is 5.75. The monoisotopic (exact) mass is 370 g/mol. The number of benzene rings is 1. The minimum atomic E-state index is -0.506. The van der Waals surface area contributed by atoms with E-state index in [1.54, 1.807) is 23.4 Å². The summed E-state index contributed by atoms with van der Waals surface area (Å²) in [4.78, 5) is 18.6. The summed E-state index contributed by atoms with van der Waals surface area (Å²) in [6.45, 7) is 0.589. The van der Waals surface area contributed by atoms with Gasteiger partial charge in [0.2, 0.25) is 5.91 Å². The van der Waals surface area contributed by atoms with E-state index in [9.17, 15) is 9.18 Å². The predicted molar refractivity (Wildman–Crippen MR) is 97.6 cm³/mol. The van der Waals surface area contributed by atoms with Gasteiger partial charge in [-0.15, -0.1) is 0 Å². The van der Waals surface area contributed by atoms with E-state index in [4.69, 9.17) is 11.6 Å². The third kappa shape index (κ3) is 3.08. The van der Waals surface area contributed by atoms with Crippen molar-refractivity contribution in [3.05, 3.63) is 65.2 Å². The number of carbonyl (C=O) groups excluding carboxylic acids is 1. The first-order chi connectivity index (χ1) is 12.6. The first-order valence-corrected chi connectivity index (χ1v) is 8.73. The number of aromatic nitrogens is 3. The third-order valence-corrected chi connectivity index (χ3v) is 4.92. The maximum absolute atomic E-state index is 13.8. The first kappa shape index (κ1) is 16.7. The van der Waals surface area contributed by atoms with Gasteiger partial charge in [-0.05, 0) is 42.7 Å². The highest BCUT2D eigenvalue weighted by molar-refractivity contribution is 6.30. The maximum Gasteiger partial charge on any atom is 0.235 e. The zero-order valence-electron chi connectivity index (χ0n) is 13.8. The van der Waals surface area contributed by atoms with Gasteiger partial charge in [0.05, 0.1) is 16.6 Å².